The number of para-hydroxylation sites is 1. The minimum Gasteiger partial charge on any atom is -0.444 e. The standard InChI is InChI=1S/C23H30N4O3/c1-12-8-7-9-15-19(12)25-14(3)26-20(15)13(2)24-21(28)18-16-10-27(11-17(16)18)22(29)30-23(4,5)6/h7-9,13,16-18H,10-11H2,1-6H3,(H,24,28). The molecule has 2 aromatic rings. The highest BCUT2D eigenvalue weighted by atomic mass is 16.6. The number of aromatic nitrogens is 2. The molecule has 7 heteroatoms. The van der Waals surface area contributed by atoms with Gasteiger partial charge >= 0.3 is 6.09 Å². The number of fused-ring (bicyclic) bond motifs is 2. The molecule has 2 heterocycles. The zero-order valence-electron chi connectivity index (χ0n) is 18.5. The van der Waals surface area contributed by atoms with Crippen molar-refractivity contribution in [1.29, 1.82) is 0 Å². The number of nitrogens with zero attached hydrogens (tertiary/aromatic N) is 3. The number of piperidine rings is 1. The summed E-state index contributed by atoms with van der Waals surface area (Å²) in [5.74, 6) is 1.14. The zero-order chi connectivity index (χ0) is 21.8. The van der Waals surface area contributed by atoms with Gasteiger partial charge in [-0.05, 0) is 58.9 Å². The Labute approximate surface area is 177 Å². The summed E-state index contributed by atoms with van der Waals surface area (Å²) in [6.07, 6.45) is -0.291. The lowest BCUT2D eigenvalue weighted by molar-refractivity contribution is -0.124. The molecule has 2 fully saturated rings. The molecule has 0 radical (unpaired) electrons. The predicted octanol–water partition coefficient (Wildman–Crippen LogP) is 3.54. The molecule has 3 atom stereocenters. The minimum atomic E-state index is -0.507. The number of likely N-dealkylation sites (tertiary alicyclic amines) is 1. The first-order valence-corrected chi connectivity index (χ1v) is 10.6. The van der Waals surface area contributed by atoms with Crippen LogP contribution in [0.1, 0.15) is 50.8 Å². The maximum Gasteiger partial charge on any atom is 0.410 e. The van der Waals surface area contributed by atoms with E-state index in [4.69, 9.17) is 4.74 Å². The monoisotopic (exact) mass is 410 g/mol. The average Bonchev–Trinajstić information content (AvgIpc) is 3.14. The third kappa shape index (κ3) is 3.85. The molecule has 30 heavy (non-hydrogen) atoms. The van der Waals surface area contributed by atoms with Crippen LogP contribution in [0.5, 0.6) is 0 Å². The van der Waals surface area contributed by atoms with Gasteiger partial charge in [0.1, 0.15) is 11.4 Å². The fraction of sp³-hybridized carbons (Fsp3) is 0.565. The first kappa shape index (κ1) is 20.6. The van der Waals surface area contributed by atoms with Crippen LogP contribution >= 0.6 is 0 Å². The summed E-state index contributed by atoms with van der Waals surface area (Å²) in [5, 5.41) is 4.12. The molecule has 0 spiro atoms. The Balaban J connectivity index is 1.41. The number of carbonyl (C=O) groups is 2. The predicted molar refractivity (Wildman–Crippen MR) is 114 cm³/mol. The maximum absolute atomic E-state index is 12.9. The van der Waals surface area contributed by atoms with Crippen molar-refractivity contribution in [1.82, 2.24) is 20.2 Å². The lowest BCUT2D eigenvalue weighted by atomic mass is 10.1. The smallest absolute Gasteiger partial charge is 0.410 e. The van der Waals surface area contributed by atoms with Crippen LogP contribution < -0.4 is 5.32 Å². The van der Waals surface area contributed by atoms with E-state index in [0.717, 1.165) is 22.2 Å². The van der Waals surface area contributed by atoms with Crippen molar-refractivity contribution in [3.05, 3.63) is 35.3 Å². The van der Waals surface area contributed by atoms with Crippen LogP contribution in [0.25, 0.3) is 10.9 Å². The number of hydrogen-bond acceptors (Lipinski definition) is 5. The summed E-state index contributed by atoms with van der Waals surface area (Å²) in [6, 6.07) is 5.81. The summed E-state index contributed by atoms with van der Waals surface area (Å²) in [7, 11) is 0. The minimum absolute atomic E-state index is 0.0397. The van der Waals surface area contributed by atoms with E-state index in [1.165, 1.54) is 0 Å². The molecular weight excluding hydrogens is 380 g/mol. The Kier molecular flexibility index (Phi) is 4.95. The highest BCUT2D eigenvalue weighted by molar-refractivity contribution is 5.86. The second kappa shape index (κ2) is 7.22. The molecule has 1 saturated heterocycles. The van der Waals surface area contributed by atoms with Gasteiger partial charge < -0.3 is 15.0 Å². The fourth-order valence-corrected chi connectivity index (χ4v) is 4.53. The Morgan fingerprint density at radius 3 is 2.47 bits per heavy atom. The summed E-state index contributed by atoms with van der Waals surface area (Å²) >= 11 is 0. The maximum atomic E-state index is 12.9. The van der Waals surface area contributed by atoms with Gasteiger partial charge in [0.2, 0.25) is 5.91 Å². The molecule has 2 amide bonds. The average molecular weight is 411 g/mol. The molecule has 3 unspecified atom stereocenters. The second-order valence-corrected chi connectivity index (χ2v) is 9.60. The number of nitrogens with one attached hydrogen (secondary N) is 1. The van der Waals surface area contributed by atoms with Crippen LogP contribution in [0, 0.1) is 31.6 Å². The Hall–Kier alpha value is -2.70. The third-order valence-electron chi connectivity index (χ3n) is 5.99. The zero-order valence-corrected chi connectivity index (χ0v) is 18.5. The van der Waals surface area contributed by atoms with Crippen molar-refractivity contribution in [2.45, 2.75) is 53.2 Å². The normalized spacial score (nSPS) is 23.8. The summed E-state index contributed by atoms with van der Waals surface area (Å²) in [4.78, 5) is 36.1. The molecular formula is C23H30N4O3. The number of rotatable bonds is 3. The Bertz CT molecular complexity index is 1000. The lowest BCUT2D eigenvalue weighted by Crippen LogP contribution is -2.39. The molecule has 1 aliphatic carbocycles. The Morgan fingerprint density at radius 2 is 1.83 bits per heavy atom. The molecule has 1 saturated carbocycles. The van der Waals surface area contributed by atoms with Gasteiger partial charge in [-0.2, -0.15) is 0 Å². The molecule has 0 bridgehead atoms. The fourth-order valence-electron chi connectivity index (χ4n) is 4.53. The molecule has 1 N–H and O–H groups in total. The molecule has 1 aliphatic heterocycles. The van der Waals surface area contributed by atoms with Crippen LogP contribution in [-0.4, -0.2) is 45.6 Å². The van der Waals surface area contributed by atoms with E-state index in [-0.39, 0.29) is 35.8 Å². The van der Waals surface area contributed by atoms with E-state index in [1.807, 2.05) is 59.7 Å². The molecule has 4 rings (SSSR count). The van der Waals surface area contributed by atoms with Crippen molar-refractivity contribution in [3.8, 4) is 0 Å². The van der Waals surface area contributed by atoms with Crippen molar-refractivity contribution < 1.29 is 14.3 Å². The highest BCUT2D eigenvalue weighted by Gasteiger charge is 2.60. The Morgan fingerprint density at radius 1 is 1.17 bits per heavy atom. The molecule has 7 nitrogen and oxygen atoms in total. The van der Waals surface area contributed by atoms with Gasteiger partial charge in [-0.25, -0.2) is 14.8 Å². The quantitative estimate of drug-likeness (QED) is 0.837. The van der Waals surface area contributed by atoms with Crippen molar-refractivity contribution in [2.75, 3.05) is 13.1 Å². The van der Waals surface area contributed by atoms with Crippen molar-refractivity contribution in [3.63, 3.8) is 0 Å². The number of amides is 2. The largest absolute Gasteiger partial charge is 0.444 e. The van der Waals surface area contributed by atoms with E-state index in [2.05, 4.69) is 15.3 Å². The van der Waals surface area contributed by atoms with E-state index in [1.54, 1.807) is 4.90 Å². The van der Waals surface area contributed by atoms with Gasteiger partial charge in [0.25, 0.3) is 0 Å². The van der Waals surface area contributed by atoms with Gasteiger partial charge in [0, 0.05) is 24.4 Å². The summed E-state index contributed by atoms with van der Waals surface area (Å²) in [6.45, 7) is 12.6. The van der Waals surface area contributed by atoms with E-state index in [9.17, 15) is 9.59 Å². The third-order valence-corrected chi connectivity index (χ3v) is 5.99. The van der Waals surface area contributed by atoms with Gasteiger partial charge in [-0.1, -0.05) is 18.2 Å². The summed E-state index contributed by atoms with van der Waals surface area (Å²) < 4.78 is 5.44. The summed E-state index contributed by atoms with van der Waals surface area (Å²) in [5.41, 5.74) is 2.36. The van der Waals surface area contributed by atoms with E-state index in [0.29, 0.717) is 18.9 Å². The van der Waals surface area contributed by atoms with Crippen molar-refractivity contribution in [2.24, 2.45) is 17.8 Å². The van der Waals surface area contributed by atoms with Gasteiger partial charge in [0.05, 0.1) is 17.3 Å². The van der Waals surface area contributed by atoms with Crippen LogP contribution in [0.15, 0.2) is 18.2 Å². The molecule has 2 aliphatic rings. The molecule has 160 valence electrons. The SMILES string of the molecule is Cc1nc(C(C)NC(=O)C2C3CN(C(=O)OC(C)(C)C)CC32)c2cccc(C)c2n1. The number of aryl methyl sites for hydroxylation is 2. The number of ether oxygens (including phenoxy) is 1. The van der Waals surface area contributed by atoms with Gasteiger partial charge in [0.15, 0.2) is 0 Å². The topological polar surface area (TPSA) is 84.4 Å². The van der Waals surface area contributed by atoms with Gasteiger partial charge in [-0.3, -0.25) is 4.79 Å². The van der Waals surface area contributed by atoms with Crippen molar-refractivity contribution >= 4 is 22.9 Å². The number of carbonyl (C=O) groups excluding carboxylic acids is 2. The van der Waals surface area contributed by atoms with E-state index >= 15 is 0 Å². The first-order valence-electron chi connectivity index (χ1n) is 10.6. The van der Waals surface area contributed by atoms with Crippen LogP contribution in [0.2, 0.25) is 0 Å². The lowest BCUT2D eigenvalue weighted by Gasteiger charge is -2.26. The number of hydrogen-bond donors (Lipinski definition) is 1. The first-order chi connectivity index (χ1) is 14.0. The molecule has 1 aromatic carbocycles. The highest BCUT2D eigenvalue weighted by Crippen LogP contribution is 2.52. The van der Waals surface area contributed by atoms with Gasteiger partial charge in [-0.15, -0.1) is 0 Å². The van der Waals surface area contributed by atoms with Crippen LogP contribution in [-0.2, 0) is 9.53 Å². The molecule has 1 aromatic heterocycles. The van der Waals surface area contributed by atoms with E-state index < -0.39 is 5.60 Å². The number of benzene rings is 1. The second-order valence-electron chi connectivity index (χ2n) is 9.60. The van der Waals surface area contributed by atoms with Crippen LogP contribution in [0.3, 0.4) is 0 Å². The van der Waals surface area contributed by atoms with Crippen LogP contribution in [0.4, 0.5) is 4.79 Å².